The van der Waals surface area contributed by atoms with Gasteiger partial charge in [-0.05, 0) is 36.4 Å². The molecule has 1 aliphatic heterocycles. The van der Waals surface area contributed by atoms with Crippen LogP contribution in [0.3, 0.4) is 0 Å². The van der Waals surface area contributed by atoms with E-state index in [0.29, 0.717) is 5.56 Å². The van der Waals surface area contributed by atoms with Gasteiger partial charge in [0.2, 0.25) is 5.91 Å². The number of amides is 3. The normalized spacial score (nSPS) is 14.0. The van der Waals surface area contributed by atoms with Crippen LogP contribution in [-0.4, -0.2) is 69.8 Å². The van der Waals surface area contributed by atoms with Crippen molar-refractivity contribution in [3.05, 3.63) is 83.9 Å². The topological polar surface area (TPSA) is 87.5 Å². The van der Waals surface area contributed by atoms with Gasteiger partial charge < -0.3 is 19.7 Å². The lowest BCUT2D eigenvalue weighted by Crippen LogP contribution is -2.52. The molecule has 8 nitrogen and oxygen atoms in total. The van der Waals surface area contributed by atoms with Crippen molar-refractivity contribution in [3.8, 4) is 5.69 Å². The molecule has 182 valence electrons. The molecule has 1 saturated heterocycles. The third-order valence-electron chi connectivity index (χ3n) is 5.71. The van der Waals surface area contributed by atoms with Crippen molar-refractivity contribution in [1.29, 1.82) is 0 Å². The fraction of sp³-hybridized carbons (Fsp3) is 0.250. The summed E-state index contributed by atoms with van der Waals surface area (Å²) in [5, 5.41) is 2.58. The summed E-state index contributed by atoms with van der Waals surface area (Å²) in [7, 11) is 0. The molecule has 3 amide bonds. The summed E-state index contributed by atoms with van der Waals surface area (Å²) in [5.41, 5.74) is -0.170. The van der Waals surface area contributed by atoms with Gasteiger partial charge in [-0.1, -0.05) is 12.1 Å². The van der Waals surface area contributed by atoms with Gasteiger partial charge >= 0.3 is 6.18 Å². The molecule has 11 heteroatoms. The average molecular weight is 485 g/mol. The second kappa shape index (κ2) is 10.00. The molecule has 4 rings (SSSR count). The predicted molar refractivity (Wildman–Crippen MR) is 120 cm³/mol. The van der Waals surface area contributed by atoms with Crippen molar-refractivity contribution >= 4 is 17.7 Å². The SMILES string of the molecule is O=C(NCC(=O)N1CCN(C(=O)c2ccccc2C(F)(F)F)CC1)c1ccc(-n2ccnc2)cc1. The van der Waals surface area contributed by atoms with E-state index >= 15 is 0 Å². The molecule has 1 N–H and O–H groups in total. The number of carbonyl (C=O) groups is 3. The van der Waals surface area contributed by atoms with Crippen LogP contribution in [-0.2, 0) is 11.0 Å². The van der Waals surface area contributed by atoms with Crippen LogP contribution in [0.2, 0.25) is 0 Å². The van der Waals surface area contributed by atoms with Gasteiger partial charge in [-0.15, -0.1) is 0 Å². The van der Waals surface area contributed by atoms with E-state index in [9.17, 15) is 27.6 Å². The molecule has 0 unspecified atom stereocenters. The quantitative estimate of drug-likeness (QED) is 0.602. The van der Waals surface area contributed by atoms with Crippen LogP contribution in [0.5, 0.6) is 0 Å². The highest BCUT2D eigenvalue weighted by molar-refractivity contribution is 5.97. The van der Waals surface area contributed by atoms with Crippen molar-refractivity contribution in [2.24, 2.45) is 0 Å². The Balaban J connectivity index is 1.28. The molecule has 0 bridgehead atoms. The molecule has 0 aliphatic carbocycles. The van der Waals surface area contributed by atoms with Gasteiger partial charge in [-0.2, -0.15) is 13.2 Å². The number of hydrogen-bond acceptors (Lipinski definition) is 4. The highest BCUT2D eigenvalue weighted by Crippen LogP contribution is 2.32. The Morgan fingerprint density at radius 1 is 0.914 bits per heavy atom. The van der Waals surface area contributed by atoms with E-state index in [0.717, 1.165) is 17.8 Å². The molecule has 2 heterocycles. The van der Waals surface area contributed by atoms with Gasteiger partial charge in [0.25, 0.3) is 11.8 Å². The molecule has 0 radical (unpaired) electrons. The van der Waals surface area contributed by atoms with Crippen LogP contribution in [0, 0.1) is 0 Å². The van der Waals surface area contributed by atoms with Crippen molar-refractivity contribution < 1.29 is 27.6 Å². The lowest BCUT2D eigenvalue weighted by Gasteiger charge is -2.35. The first-order valence-corrected chi connectivity index (χ1v) is 10.8. The first-order valence-electron chi connectivity index (χ1n) is 10.8. The minimum absolute atomic E-state index is 0.0976. The van der Waals surface area contributed by atoms with Gasteiger partial charge in [0.05, 0.1) is 24.0 Å². The molecular weight excluding hydrogens is 463 g/mol. The maximum atomic E-state index is 13.2. The number of alkyl halides is 3. The van der Waals surface area contributed by atoms with Gasteiger partial charge in [0, 0.05) is 49.8 Å². The third-order valence-corrected chi connectivity index (χ3v) is 5.71. The smallest absolute Gasteiger partial charge is 0.343 e. The maximum Gasteiger partial charge on any atom is 0.417 e. The number of imidazole rings is 1. The molecule has 1 aliphatic rings. The molecule has 0 atom stereocenters. The number of nitrogens with zero attached hydrogens (tertiary/aromatic N) is 4. The maximum absolute atomic E-state index is 13.2. The highest BCUT2D eigenvalue weighted by atomic mass is 19.4. The summed E-state index contributed by atoms with van der Waals surface area (Å²) in [4.78, 5) is 44.3. The van der Waals surface area contributed by atoms with Crippen LogP contribution < -0.4 is 5.32 Å². The number of rotatable bonds is 5. The molecule has 1 fully saturated rings. The van der Waals surface area contributed by atoms with E-state index < -0.39 is 29.1 Å². The second-order valence-electron chi connectivity index (χ2n) is 7.92. The largest absolute Gasteiger partial charge is 0.417 e. The number of benzene rings is 2. The lowest BCUT2D eigenvalue weighted by molar-refractivity contribution is -0.138. The summed E-state index contributed by atoms with van der Waals surface area (Å²) in [6.07, 6.45) is 0.414. The minimum Gasteiger partial charge on any atom is -0.343 e. The van der Waals surface area contributed by atoms with Crippen molar-refractivity contribution in [2.75, 3.05) is 32.7 Å². The predicted octanol–water partition coefficient (Wildman–Crippen LogP) is 2.61. The standard InChI is InChI=1S/C24H22F3N5O3/c25-24(26,27)20-4-2-1-3-19(20)23(35)31-13-11-30(12-14-31)21(33)15-29-22(34)17-5-7-18(8-6-17)32-10-9-28-16-32/h1-10,16H,11-15H2,(H,29,34). The zero-order chi connectivity index (χ0) is 25.0. The Morgan fingerprint density at radius 3 is 2.20 bits per heavy atom. The van der Waals surface area contributed by atoms with Crippen LogP contribution in [0.15, 0.2) is 67.3 Å². The fourth-order valence-electron chi connectivity index (χ4n) is 3.81. The van der Waals surface area contributed by atoms with Crippen molar-refractivity contribution in [1.82, 2.24) is 24.7 Å². The van der Waals surface area contributed by atoms with E-state index in [2.05, 4.69) is 10.3 Å². The summed E-state index contributed by atoms with van der Waals surface area (Å²) in [5.74, 6) is -1.47. The fourth-order valence-corrected chi connectivity index (χ4v) is 3.81. The van der Waals surface area contributed by atoms with Gasteiger partial charge in [0.15, 0.2) is 0 Å². The van der Waals surface area contributed by atoms with Gasteiger partial charge in [-0.25, -0.2) is 4.98 Å². The molecule has 0 saturated carbocycles. The highest BCUT2D eigenvalue weighted by Gasteiger charge is 2.36. The van der Waals surface area contributed by atoms with E-state index in [1.807, 2.05) is 0 Å². The Hall–Kier alpha value is -4.15. The first kappa shape index (κ1) is 24.0. The molecular formula is C24H22F3N5O3. The number of aromatic nitrogens is 2. The van der Waals surface area contributed by atoms with Crippen LogP contribution in [0.25, 0.3) is 5.69 Å². The zero-order valence-electron chi connectivity index (χ0n) is 18.5. The van der Waals surface area contributed by atoms with E-state index in [-0.39, 0.29) is 38.6 Å². The Labute approximate surface area is 199 Å². The number of halogens is 3. The minimum atomic E-state index is -4.64. The number of carbonyl (C=O) groups excluding carboxylic acids is 3. The number of hydrogen-bond donors (Lipinski definition) is 1. The van der Waals surface area contributed by atoms with Gasteiger partial charge in [0.1, 0.15) is 0 Å². The third kappa shape index (κ3) is 5.51. The molecule has 1 aromatic heterocycles. The van der Waals surface area contributed by atoms with Crippen LogP contribution in [0.4, 0.5) is 13.2 Å². The second-order valence-corrected chi connectivity index (χ2v) is 7.92. The number of piperazine rings is 1. The Kier molecular flexibility index (Phi) is 6.85. The van der Waals surface area contributed by atoms with Crippen molar-refractivity contribution in [3.63, 3.8) is 0 Å². The molecule has 3 aromatic rings. The summed E-state index contributed by atoms with van der Waals surface area (Å²) < 4.78 is 41.5. The number of nitrogens with one attached hydrogen (secondary N) is 1. The Morgan fingerprint density at radius 2 is 1.57 bits per heavy atom. The first-order chi connectivity index (χ1) is 16.7. The average Bonchev–Trinajstić information content (AvgIpc) is 3.41. The van der Waals surface area contributed by atoms with Gasteiger partial charge in [-0.3, -0.25) is 14.4 Å². The monoisotopic (exact) mass is 485 g/mol. The van der Waals surface area contributed by atoms with E-state index in [1.54, 1.807) is 47.6 Å². The van der Waals surface area contributed by atoms with E-state index in [4.69, 9.17) is 0 Å². The summed E-state index contributed by atoms with van der Waals surface area (Å²) >= 11 is 0. The molecule has 35 heavy (non-hydrogen) atoms. The zero-order valence-corrected chi connectivity index (χ0v) is 18.5. The summed E-state index contributed by atoms with van der Waals surface area (Å²) in [6, 6.07) is 11.4. The van der Waals surface area contributed by atoms with E-state index in [1.165, 1.54) is 21.9 Å². The Bertz CT molecular complexity index is 1200. The van der Waals surface area contributed by atoms with Crippen LogP contribution >= 0.6 is 0 Å². The summed E-state index contributed by atoms with van der Waals surface area (Å²) in [6.45, 7) is 0.288. The van der Waals surface area contributed by atoms with Crippen LogP contribution in [0.1, 0.15) is 26.3 Å². The molecule has 0 spiro atoms. The lowest BCUT2D eigenvalue weighted by atomic mass is 10.1. The molecule has 2 aromatic carbocycles. The van der Waals surface area contributed by atoms with Crippen molar-refractivity contribution in [2.45, 2.75) is 6.18 Å².